The van der Waals surface area contributed by atoms with E-state index in [-0.39, 0.29) is 6.54 Å². The molecule has 0 heterocycles. The van der Waals surface area contributed by atoms with Gasteiger partial charge in [-0.25, -0.2) is 13.1 Å². The van der Waals surface area contributed by atoms with Gasteiger partial charge in [0.25, 0.3) is 0 Å². The van der Waals surface area contributed by atoms with Gasteiger partial charge >= 0.3 is 5.97 Å². The summed E-state index contributed by atoms with van der Waals surface area (Å²) in [7, 11) is -3.78. The lowest BCUT2D eigenvalue weighted by Gasteiger charge is -2.30. The average Bonchev–Trinajstić information content (AvgIpc) is 2.21. The highest BCUT2D eigenvalue weighted by Gasteiger charge is 2.27. The first-order chi connectivity index (χ1) is 8.09. The van der Waals surface area contributed by atoms with E-state index in [4.69, 9.17) is 5.11 Å². The first-order valence-corrected chi connectivity index (χ1v) is 7.61. The van der Waals surface area contributed by atoms with Crippen molar-refractivity contribution in [2.45, 2.75) is 52.0 Å². The Morgan fingerprint density at radius 3 is 1.94 bits per heavy atom. The van der Waals surface area contributed by atoms with E-state index in [1.807, 2.05) is 27.7 Å². The Bertz CT molecular complexity index is 357. The minimum Gasteiger partial charge on any atom is -0.480 e. The van der Waals surface area contributed by atoms with Crippen molar-refractivity contribution in [3.63, 3.8) is 0 Å². The molecule has 0 radical (unpaired) electrons. The largest absolute Gasteiger partial charge is 0.480 e. The standard InChI is InChI=1S/C11H24N2O4S/c1-8(2)13(9(3)4)7-6-12-18(16,17)10(5)11(14)15/h8-10,12H,6-7H2,1-5H3,(H,14,15). The monoisotopic (exact) mass is 280 g/mol. The molecule has 1 atom stereocenters. The lowest BCUT2D eigenvalue weighted by Crippen LogP contribution is -2.45. The molecule has 6 nitrogen and oxygen atoms in total. The number of hydrogen-bond acceptors (Lipinski definition) is 4. The van der Waals surface area contributed by atoms with Crippen LogP contribution in [0.2, 0.25) is 0 Å². The number of nitrogens with one attached hydrogen (secondary N) is 1. The lowest BCUT2D eigenvalue weighted by atomic mass is 10.2. The summed E-state index contributed by atoms with van der Waals surface area (Å²) in [4.78, 5) is 12.8. The molecular weight excluding hydrogens is 256 g/mol. The number of carboxylic acid groups (broad SMARTS) is 1. The molecule has 1 unspecified atom stereocenters. The predicted octanol–water partition coefficient (Wildman–Crippen LogP) is 0.498. The van der Waals surface area contributed by atoms with E-state index >= 15 is 0 Å². The molecule has 0 spiro atoms. The molecule has 0 aromatic rings. The molecule has 7 heteroatoms. The molecule has 18 heavy (non-hydrogen) atoms. The molecule has 0 rings (SSSR count). The van der Waals surface area contributed by atoms with E-state index in [0.717, 1.165) is 6.92 Å². The molecule has 0 saturated carbocycles. The molecule has 0 saturated heterocycles. The summed E-state index contributed by atoms with van der Waals surface area (Å²) >= 11 is 0. The average molecular weight is 280 g/mol. The molecule has 0 aliphatic heterocycles. The Morgan fingerprint density at radius 1 is 1.17 bits per heavy atom. The molecule has 0 fully saturated rings. The van der Waals surface area contributed by atoms with Crippen molar-refractivity contribution in [1.82, 2.24) is 9.62 Å². The Morgan fingerprint density at radius 2 is 1.61 bits per heavy atom. The third-order valence-electron chi connectivity index (χ3n) is 2.81. The number of nitrogens with zero attached hydrogens (tertiary/aromatic N) is 1. The van der Waals surface area contributed by atoms with Crippen LogP contribution >= 0.6 is 0 Å². The second-order valence-corrected chi connectivity index (χ2v) is 6.93. The van der Waals surface area contributed by atoms with Crippen LogP contribution in [0.5, 0.6) is 0 Å². The van der Waals surface area contributed by atoms with Crippen molar-refractivity contribution in [3.8, 4) is 0 Å². The van der Waals surface area contributed by atoms with E-state index in [9.17, 15) is 13.2 Å². The van der Waals surface area contributed by atoms with Gasteiger partial charge in [0.2, 0.25) is 10.0 Å². The molecule has 0 amide bonds. The van der Waals surface area contributed by atoms with Crippen LogP contribution in [0.25, 0.3) is 0 Å². The number of carbonyl (C=O) groups is 1. The van der Waals surface area contributed by atoms with E-state index in [1.54, 1.807) is 0 Å². The molecule has 0 bridgehead atoms. The van der Waals surface area contributed by atoms with Gasteiger partial charge in [0.05, 0.1) is 0 Å². The van der Waals surface area contributed by atoms with Gasteiger partial charge in [0, 0.05) is 25.2 Å². The van der Waals surface area contributed by atoms with Crippen LogP contribution in [0.4, 0.5) is 0 Å². The Labute approximate surface area is 109 Å². The summed E-state index contributed by atoms with van der Waals surface area (Å²) < 4.78 is 25.5. The fraction of sp³-hybridized carbons (Fsp3) is 0.909. The summed E-state index contributed by atoms with van der Waals surface area (Å²) in [5.41, 5.74) is 0. The summed E-state index contributed by atoms with van der Waals surface area (Å²) in [6.07, 6.45) is 0. The van der Waals surface area contributed by atoms with Crippen LogP contribution in [-0.4, -0.2) is 54.8 Å². The molecule has 0 aromatic carbocycles. The van der Waals surface area contributed by atoms with Crippen molar-refractivity contribution in [3.05, 3.63) is 0 Å². The van der Waals surface area contributed by atoms with Gasteiger partial charge in [-0.2, -0.15) is 0 Å². The second kappa shape index (κ2) is 7.06. The minimum atomic E-state index is -3.78. The summed E-state index contributed by atoms with van der Waals surface area (Å²) in [6, 6.07) is 0.623. The van der Waals surface area contributed by atoms with E-state index in [1.165, 1.54) is 0 Å². The molecular formula is C11H24N2O4S. The number of carboxylic acids is 1. The van der Waals surface area contributed by atoms with Gasteiger partial charge in [0.1, 0.15) is 0 Å². The molecule has 0 aliphatic rings. The fourth-order valence-electron chi connectivity index (χ4n) is 1.69. The minimum absolute atomic E-state index is 0.219. The highest BCUT2D eigenvalue weighted by atomic mass is 32.2. The van der Waals surface area contributed by atoms with Crippen LogP contribution < -0.4 is 4.72 Å². The highest BCUT2D eigenvalue weighted by Crippen LogP contribution is 2.04. The number of rotatable bonds is 8. The van der Waals surface area contributed by atoms with Gasteiger partial charge in [-0.05, 0) is 34.6 Å². The quantitative estimate of drug-likeness (QED) is 0.676. The maximum absolute atomic E-state index is 11.6. The number of hydrogen-bond donors (Lipinski definition) is 2. The zero-order valence-electron chi connectivity index (χ0n) is 11.7. The first kappa shape index (κ1) is 17.3. The van der Waals surface area contributed by atoms with Gasteiger partial charge in [0.15, 0.2) is 5.25 Å². The topological polar surface area (TPSA) is 86.7 Å². The van der Waals surface area contributed by atoms with Crippen LogP contribution in [0, 0.1) is 0 Å². The summed E-state index contributed by atoms with van der Waals surface area (Å²) in [5.74, 6) is -1.34. The normalized spacial score (nSPS) is 14.4. The second-order valence-electron chi connectivity index (χ2n) is 4.85. The number of sulfonamides is 1. The SMILES string of the molecule is CC(C)N(CCNS(=O)(=O)C(C)C(=O)O)C(C)C. The van der Waals surface area contributed by atoms with Gasteiger partial charge in [-0.3, -0.25) is 9.69 Å². The molecule has 2 N–H and O–H groups in total. The molecule has 108 valence electrons. The zero-order chi connectivity index (χ0) is 14.5. The van der Waals surface area contributed by atoms with Crippen LogP contribution in [-0.2, 0) is 14.8 Å². The Kier molecular flexibility index (Phi) is 6.80. The Balaban J connectivity index is 4.38. The van der Waals surface area contributed by atoms with E-state index in [2.05, 4.69) is 9.62 Å². The van der Waals surface area contributed by atoms with Gasteiger partial charge in [-0.1, -0.05) is 0 Å². The molecule has 0 aliphatic carbocycles. The zero-order valence-corrected chi connectivity index (χ0v) is 12.5. The van der Waals surface area contributed by atoms with Crippen LogP contribution in [0.3, 0.4) is 0 Å². The summed E-state index contributed by atoms with van der Waals surface area (Å²) in [6.45, 7) is 10.1. The predicted molar refractivity (Wildman–Crippen MR) is 71.0 cm³/mol. The molecule has 0 aromatic heterocycles. The van der Waals surface area contributed by atoms with Crippen molar-refractivity contribution < 1.29 is 18.3 Å². The maximum Gasteiger partial charge on any atom is 0.323 e. The van der Waals surface area contributed by atoms with Crippen LogP contribution in [0.1, 0.15) is 34.6 Å². The third-order valence-corrected chi connectivity index (χ3v) is 4.55. The van der Waals surface area contributed by atoms with Crippen molar-refractivity contribution in [2.75, 3.05) is 13.1 Å². The van der Waals surface area contributed by atoms with Gasteiger partial charge in [-0.15, -0.1) is 0 Å². The number of aliphatic carboxylic acids is 1. The van der Waals surface area contributed by atoms with Crippen molar-refractivity contribution >= 4 is 16.0 Å². The Hall–Kier alpha value is -0.660. The fourth-order valence-corrected chi connectivity index (χ4v) is 2.58. The van der Waals surface area contributed by atoms with Gasteiger partial charge < -0.3 is 5.11 Å². The van der Waals surface area contributed by atoms with E-state index in [0.29, 0.717) is 18.6 Å². The summed E-state index contributed by atoms with van der Waals surface area (Å²) in [5, 5.41) is 7.25. The lowest BCUT2D eigenvalue weighted by molar-refractivity contribution is -0.136. The smallest absolute Gasteiger partial charge is 0.323 e. The van der Waals surface area contributed by atoms with E-state index < -0.39 is 21.2 Å². The third kappa shape index (κ3) is 5.32. The first-order valence-electron chi connectivity index (χ1n) is 6.06. The van der Waals surface area contributed by atoms with Crippen molar-refractivity contribution in [1.29, 1.82) is 0 Å². The maximum atomic E-state index is 11.6. The highest BCUT2D eigenvalue weighted by molar-refractivity contribution is 7.90. The van der Waals surface area contributed by atoms with Crippen LogP contribution in [0.15, 0.2) is 0 Å². The van der Waals surface area contributed by atoms with Crippen molar-refractivity contribution in [2.24, 2.45) is 0 Å².